The Morgan fingerprint density at radius 2 is 1.94 bits per heavy atom. The lowest BCUT2D eigenvalue weighted by Crippen LogP contribution is -2.14. The third-order valence-electron chi connectivity index (χ3n) is 3.18. The van der Waals surface area contributed by atoms with Crippen LogP contribution in [0.4, 0.5) is 0 Å². The number of hydrogen-bond donors (Lipinski definition) is 1. The third-order valence-corrected chi connectivity index (χ3v) is 3.18. The van der Waals surface area contributed by atoms with Crippen LogP contribution in [-0.2, 0) is 0 Å². The van der Waals surface area contributed by atoms with Gasteiger partial charge in [0, 0.05) is 11.6 Å². The van der Waals surface area contributed by atoms with Gasteiger partial charge in [0.2, 0.25) is 0 Å². The van der Waals surface area contributed by atoms with Crippen molar-refractivity contribution in [2.75, 3.05) is 20.8 Å². The maximum absolute atomic E-state index is 5.50. The first kappa shape index (κ1) is 11.3. The molecule has 88 valence electrons. The van der Waals surface area contributed by atoms with Crippen LogP contribution >= 0.6 is 0 Å². The number of hydrogen-bond acceptors (Lipinski definition) is 3. The van der Waals surface area contributed by atoms with Gasteiger partial charge in [-0.3, -0.25) is 0 Å². The zero-order valence-corrected chi connectivity index (χ0v) is 10.2. The Hall–Kier alpha value is -1.22. The topological polar surface area (TPSA) is 30.5 Å². The highest BCUT2D eigenvalue weighted by molar-refractivity contribution is 5.52. The van der Waals surface area contributed by atoms with E-state index in [-0.39, 0.29) is 0 Å². The highest BCUT2D eigenvalue weighted by atomic mass is 16.5. The lowest BCUT2D eigenvalue weighted by atomic mass is 10.0. The van der Waals surface area contributed by atoms with Gasteiger partial charge in [-0.05, 0) is 31.9 Å². The van der Waals surface area contributed by atoms with E-state index in [1.165, 1.54) is 18.4 Å². The molecule has 1 aliphatic rings. The predicted molar refractivity (Wildman–Crippen MR) is 64.3 cm³/mol. The molecule has 1 N–H and O–H groups in total. The number of ether oxygens (including phenoxy) is 2. The Kier molecular flexibility index (Phi) is 3.34. The van der Waals surface area contributed by atoms with Crippen molar-refractivity contribution in [2.45, 2.75) is 25.8 Å². The van der Waals surface area contributed by atoms with Gasteiger partial charge in [0.25, 0.3) is 0 Å². The molecule has 0 spiro atoms. The number of nitrogens with one attached hydrogen (secondary N) is 1. The van der Waals surface area contributed by atoms with E-state index < -0.39 is 0 Å². The summed E-state index contributed by atoms with van der Waals surface area (Å²) in [5, 5.41) is 3.48. The molecular formula is C13H19NO2. The first-order valence-corrected chi connectivity index (χ1v) is 5.72. The average molecular weight is 221 g/mol. The summed E-state index contributed by atoms with van der Waals surface area (Å²) in [6.45, 7) is 3.12. The molecule has 0 saturated carbocycles. The first-order chi connectivity index (χ1) is 7.77. The van der Waals surface area contributed by atoms with E-state index in [1.54, 1.807) is 14.2 Å². The van der Waals surface area contributed by atoms with Crippen molar-refractivity contribution in [3.05, 3.63) is 23.3 Å². The van der Waals surface area contributed by atoms with E-state index in [4.69, 9.17) is 9.47 Å². The van der Waals surface area contributed by atoms with Gasteiger partial charge >= 0.3 is 0 Å². The molecule has 1 saturated heterocycles. The van der Waals surface area contributed by atoms with Crippen LogP contribution in [0.2, 0.25) is 0 Å². The Morgan fingerprint density at radius 3 is 2.50 bits per heavy atom. The lowest BCUT2D eigenvalue weighted by molar-refractivity contribution is 0.346. The minimum Gasteiger partial charge on any atom is -0.493 e. The lowest BCUT2D eigenvalue weighted by Gasteiger charge is -2.18. The molecule has 1 aromatic rings. The molecule has 0 amide bonds. The maximum atomic E-state index is 5.50. The zero-order valence-electron chi connectivity index (χ0n) is 10.2. The summed E-state index contributed by atoms with van der Waals surface area (Å²) >= 11 is 0. The molecule has 1 atom stereocenters. The van der Waals surface area contributed by atoms with Crippen LogP contribution in [0, 0.1) is 6.92 Å². The fraction of sp³-hybridized carbons (Fsp3) is 0.538. The molecule has 1 aromatic carbocycles. The van der Waals surface area contributed by atoms with Crippen molar-refractivity contribution in [1.29, 1.82) is 0 Å². The van der Waals surface area contributed by atoms with Crippen molar-refractivity contribution in [3.8, 4) is 11.5 Å². The molecule has 0 bridgehead atoms. The van der Waals surface area contributed by atoms with Crippen molar-refractivity contribution in [3.63, 3.8) is 0 Å². The van der Waals surface area contributed by atoms with Crippen LogP contribution in [-0.4, -0.2) is 20.8 Å². The SMILES string of the molecule is COc1c(C)ccc(C2CCCN2)c1OC. The van der Waals surface area contributed by atoms with Crippen LogP contribution in [0.3, 0.4) is 0 Å². The number of aryl methyl sites for hydroxylation is 1. The molecule has 1 aliphatic heterocycles. The molecular weight excluding hydrogens is 202 g/mol. The zero-order chi connectivity index (χ0) is 11.5. The highest BCUT2D eigenvalue weighted by Crippen LogP contribution is 2.39. The Morgan fingerprint density at radius 1 is 1.19 bits per heavy atom. The van der Waals surface area contributed by atoms with Crippen LogP contribution < -0.4 is 14.8 Å². The smallest absolute Gasteiger partial charge is 0.165 e. The molecule has 0 radical (unpaired) electrons. The second-order valence-corrected chi connectivity index (χ2v) is 4.19. The summed E-state index contributed by atoms with van der Waals surface area (Å²) in [6, 6.07) is 4.64. The van der Waals surface area contributed by atoms with Crippen molar-refractivity contribution in [2.24, 2.45) is 0 Å². The predicted octanol–water partition coefficient (Wildman–Crippen LogP) is 2.44. The fourth-order valence-electron chi connectivity index (χ4n) is 2.36. The molecule has 16 heavy (non-hydrogen) atoms. The van der Waals surface area contributed by atoms with Gasteiger partial charge in [0.15, 0.2) is 11.5 Å². The second-order valence-electron chi connectivity index (χ2n) is 4.19. The monoisotopic (exact) mass is 221 g/mol. The van der Waals surface area contributed by atoms with E-state index in [1.807, 2.05) is 6.92 Å². The number of methoxy groups -OCH3 is 2. The molecule has 1 unspecified atom stereocenters. The molecule has 2 rings (SSSR count). The van der Waals surface area contributed by atoms with E-state index in [9.17, 15) is 0 Å². The largest absolute Gasteiger partial charge is 0.493 e. The Balaban J connectivity index is 2.43. The Bertz CT molecular complexity index is 370. The van der Waals surface area contributed by atoms with Crippen LogP contribution in [0.15, 0.2) is 12.1 Å². The molecule has 3 heteroatoms. The highest BCUT2D eigenvalue weighted by Gasteiger charge is 2.22. The van der Waals surface area contributed by atoms with E-state index in [0.29, 0.717) is 6.04 Å². The molecule has 1 heterocycles. The van der Waals surface area contributed by atoms with Crippen LogP contribution in [0.1, 0.15) is 30.0 Å². The second kappa shape index (κ2) is 4.74. The summed E-state index contributed by atoms with van der Waals surface area (Å²) in [6.07, 6.45) is 2.40. The molecule has 1 fully saturated rings. The van der Waals surface area contributed by atoms with E-state index in [2.05, 4.69) is 17.4 Å². The van der Waals surface area contributed by atoms with Gasteiger partial charge in [-0.1, -0.05) is 12.1 Å². The van der Waals surface area contributed by atoms with Gasteiger partial charge in [-0.15, -0.1) is 0 Å². The average Bonchev–Trinajstić information content (AvgIpc) is 2.81. The normalized spacial score (nSPS) is 19.8. The quantitative estimate of drug-likeness (QED) is 0.850. The number of benzene rings is 1. The summed E-state index contributed by atoms with van der Waals surface area (Å²) in [5.41, 5.74) is 2.32. The van der Waals surface area contributed by atoms with Gasteiger partial charge in [0.05, 0.1) is 14.2 Å². The fourth-order valence-corrected chi connectivity index (χ4v) is 2.36. The Labute approximate surface area is 96.8 Å². The summed E-state index contributed by atoms with van der Waals surface area (Å²) in [5.74, 6) is 1.73. The minimum absolute atomic E-state index is 0.407. The number of rotatable bonds is 3. The maximum Gasteiger partial charge on any atom is 0.165 e. The van der Waals surface area contributed by atoms with Crippen LogP contribution in [0.25, 0.3) is 0 Å². The van der Waals surface area contributed by atoms with Gasteiger partial charge in [0.1, 0.15) is 0 Å². The molecule has 3 nitrogen and oxygen atoms in total. The van der Waals surface area contributed by atoms with E-state index in [0.717, 1.165) is 23.6 Å². The minimum atomic E-state index is 0.407. The first-order valence-electron chi connectivity index (χ1n) is 5.72. The van der Waals surface area contributed by atoms with Crippen molar-refractivity contribution >= 4 is 0 Å². The van der Waals surface area contributed by atoms with Crippen molar-refractivity contribution < 1.29 is 9.47 Å². The third kappa shape index (κ3) is 1.87. The summed E-state index contributed by atoms with van der Waals surface area (Å²) in [7, 11) is 3.40. The standard InChI is InChI=1S/C13H19NO2/c1-9-6-7-10(11-5-4-8-14-11)13(16-3)12(9)15-2/h6-7,11,14H,4-5,8H2,1-3H3. The molecule has 0 aliphatic carbocycles. The van der Waals surface area contributed by atoms with Crippen molar-refractivity contribution in [1.82, 2.24) is 5.32 Å². The summed E-state index contributed by atoms with van der Waals surface area (Å²) in [4.78, 5) is 0. The van der Waals surface area contributed by atoms with Gasteiger partial charge in [-0.25, -0.2) is 0 Å². The van der Waals surface area contributed by atoms with Crippen LogP contribution in [0.5, 0.6) is 11.5 Å². The van der Waals surface area contributed by atoms with Gasteiger partial charge in [-0.2, -0.15) is 0 Å². The van der Waals surface area contributed by atoms with E-state index >= 15 is 0 Å². The molecule has 0 aromatic heterocycles. The van der Waals surface area contributed by atoms with Gasteiger partial charge < -0.3 is 14.8 Å². The summed E-state index contributed by atoms with van der Waals surface area (Å²) < 4.78 is 10.9.